The van der Waals surface area contributed by atoms with Crippen LogP contribution < -0.4 is 5.32 Å². The minimum absolute atomic E-state index is 0.130. The predicted octanol–water partition coefficient (Wildman–Crippen LogP) is 4.71. The second-order valence-corrected chi connectivity index (χ2v) is 9.96. The van der Waals surface area contributed by atoms with Gasteiger partial charge < -0.3 is 9.73 Å². The maximum Gasteiger partial charge on any atom is 0.257 e. The van der Waals surface area contributed by atoms with Crippen molar-refractivity contribution < 1.29 is 9.21 Å². The molecule has 162 valence electrons. The van der Waals surface area contributed by atoms with Crippen LogP contribution in [0.15, 0.2) is 21.9 Å². The molecule has 1 aliphatic rings. The Morgan fingerprint density at radius 3 is 3.06 bits per heavy atom. The van der Waals surface area contributed by atoms with Gasteiger partial charge in [-0.05, 0) is 55.2 Å². The highest BCUT2D eigenvalue weighted by Gasteiger charge is 2.25. The molecule has 0 saturated heterocycles. The maximum atomic E-state index is 12.8. The van der Waals surface area contributed by atoms with Crippen LogP contribution in [0.3, 0.4) is 0 Å². The number of hydrogen-bond acceptors (Lipinski definition) is 8. The highest BCUT2D eigenvalue weighted by atomic mass is 32.1. The van der Waals surface area contributed by atoms with E-state index in [0.717, 1.165) is 42.7 Å². The summed E-state index contributed by atoms with van der Waals surface area (Å²) in [6, 6.07) is 6.19. The third-order valence-corrected chi connectivity index (χ3v) is 7.37. The molecule has 0 saturated carbocycles. The first-order chi connectivity index (χ1) is 15.1. The second-order valence-electron chi connectivity index (χ2n) is 7.90. The summed E-state index contributed by atoms with van der Waals surface area (Å²) in [6.45, 7) is 5.64. The Kier molecular flexibility index (Phi) is 6.80. The predicted molar refractivity (Wildman–Crippen MR) is 122 cm³/mol. The van der Waals surface area contributed by atoms with Crippen molar-refractivity contribution in [3.63, 3.8) is 0 Å². The van der Waals surface area contributed by atoms with Crippen LogP contribution in [0.25, 0.3) is 10.8 Å². The molecule has 0 radical (unpaired) electrons. The van der Waals surface area contributed by atoms with Gasteiger partial charge in [0.2, 0.25) is 11.8 Å². The van der Waals surface area contributed by atoms with Crippen molar-refractivity contribution in [2.24, 2.45) is 5.92 Å². The van der Waals surface area contributed by atoms with Gasteiger partial charge in [0.15, 0.2) is 0 Å². The fourth-order valence-electron chi connectivity index (χ4n) is 3.87. The minimum Gasteiger partial charge on any atom is -0.419 e. The Labute approximate surface area is 189 Å². The van der Waals surface area contributed by atoms with E-state index < -0.39 is 0 Å². The molecule has 31 heavy (non-hydrogen) atoms. The molecule has 3 aromatic heterocycles. The monoisotopic (exact) mass is 455 g/mol. The number of rotatable bonds is 8. The van der Waals surface area contributed by atoms with Gasteiger partial charge in [-0.2, -0.15) is 5.26 Å². The molecule has 1 aliphatic carbocycles. The number of nitrogens with zero attached hydrogens (tertiary/aromatic N) is 4. The van der Waals surface area contributed by atoms with Crippen molar-refractivity contribution in [3.8, 4) is 16.8 Å². The Hall–Kier alpha value is -2.54. The van der Waals surface area contributed by atoms with E-state index in [1.54, 1.807) is 22.7 Å². The van der Waals surface area contributed by atoms with Crippen LogP contribution in [-0.2, 0) is 24.2 Å². The summed E-state index contributed by atoms with van der Waals surface area (Å²) in [5, 5.41) is 23.5. The molecule has 7 nitrogen and oxygen atoms in total. The first-order valence-electron chi connectivity index (χ1n) is 10.5. The van der Waals surface area contributed by atoms with Crippen molar-refractivity contribution in [3.05, 3.63) is 39.4 Å². The lowest BCUT2D eigenvalue weighted by atomic mass is 9.89. The first-order valence-corrected chi connectivity index (χ1v) is 12.2. The largest absolute Gasteiger partial charge is 0.419 e. The zero-order valence-electron chi connectivity index (χ0n) is 17.7. The molecule has 1 N–H and O–H groups in total. The van der Waals surface area contributed by atoms with Gasteiger partial charge >= 0.3 is 0 Å². The number of amides is 1. The molecular weight excluding hydrogens is 430 g/mol. The summed E-state index contributed by atoms with van der Waals surface area (Å²) >= 11 is 3.10. The van der Waals surface area contributed by atoms with E-state index in [1.807, 2.05) is 22.4 Å². The molecule has 0 fully saturated rings. The molecule has 9 heteroatoms. The van der Waals surface area contributed by atoms with Crippen molar-refractivity contribution in [2.75, 3.05) is 18.4 Å². The summed E-state index contributed by atoms with van der Waals surface area (Å²) in [7, 11) is 0. The molecule has 0 spiro atoms. The van der Waals surface area contributed by atoms with Crippen LogP contribution in [0.5, 0.6) is 0 Å². The third-order valence-electron chi connectivity index (χ3n) is 5.34. The molecule has 0 aromatic carbocycles. The van der Waals surface area contributed by atoms with Crippen LogP contribution >= 0.6 is 22.7 Å². The normalized spacial score (nSPS) is 15.6. The van der Waals surface area contributed by atoms with E-state index in [0.29, 0.717) is 34.8 Å². The maximum absolute atomic E-state index is 12.8. The first kappa shape index (κ1) is 21.7. The highest BCUT2D eigenvalue weighted by molar-refractivity contribution is 7.16. The standard InChI is InChI=1S/C22H25N5O2S2/c1-3-8-27(13-20-25-26-21(29-20)17-5-4-9-30-17)12-19(28)24-22-16(11-23)15-7-6-14(2)10-18(15)31-22/h4-5,9,14H,3,6-8,10,12-13H2,1-2H3,(H,24,28). The number of nitriles is 1. The van der Waals surface area contributed by atoms with Crippen molar-refractivity contribution >= 4 is 33.6 Å². The molecule has 1 unspecified atom stereocenters. The molecule has 4 rings (SSSR count). The van der Waals surface area contributed by atoms with Gasteiger partial charge in [0.1, 0.15) is 11.1 Å². The van der Waals surface area contributed by atoms with Gasteiger partial charge in [-0.15, -0.1) is 32.9 Å². The van der Waals surface area contributed by atoms with Crippen molar-refractivity contribution in [2.45, 2.75) is 46.1 Å². The van der Waals surface area contributed by atoms with Gasteiger partial charge in [0, 0.05) is 4.88 Å². The average Bonchev–Trinajstić information content (AvgIpc) is 3.47. The molecule has 1 amide bonds. The highest BCUT2D eigenvalue weighted by Crippen LogP contribution is 2.39. The van der Waals surface area contributed by atoms with Gasteiger partial charge in [-0.25, -0.2) is 0 Å². The van der Waals surface area contributed by atoms with Gasteiger partial charge in [-0.1, -0.05) is 19.9 Å². The number of fused-ring (bicyclic) bond motifs is 1. The zero-order chi connectivity index (χ0) is 21.8. The second kappa shape index (κ2) is 9.73. The number of carbonyl (C=O) groups is 1. The lowest BCUT2D eigenvalue weighted by molar-refractivity contribution is -0.117. The summed E-state index contributed by atoms with van der Waals surface area (Å²) in [5.41, 5.74) is 1.76. The topological polar surface area (TPSA) is 95.1 Å². The van der Waals surface area contributed by atoms with Crippen LogP contribution in [0.2, 0.25) is 0 Å². The number of nitrogens with one attached hydrogen (secondary N) is 1. The SMILES string of the molecule is CCCN(CC(=O)Nc1sc2c(c1C#N)CCC(C)C2)Cc1nnc(-c2cccs2)o1. The van der Waals surface area contributed by atoms with Crippen molar-refractivity contribution in [1.29, 1.82) is 5.26 Å². The molecular formula is C22H25N5O2S2. The summed E-state index contributed by atoms with van der Waals surface area (Å²) in [4.78, 5) is 17.0. The van der Waals surface area contributed by atoms with E-state index in [-0.39, 0.29) is 12.5 Å². The summed E-state index contributed by atoms with van der Waals surface area (Å²) in [5.74, 6) is 1.48. The van der Waals surface area contributed by atoms with Crippen LogP contribution in [-0.4, -0.2) is 34.1 Å². The van der Waals surface area contributed by atoms with Crippen LogP contribution in [0, 0.1) is 17.2 Å². The van der Waals surface area contributed by atoms with E-state index in [2.05, 4.69) is 35.4 Å². The molecule has 3 aromatic rings. The van der Waals surface area contributed by atoms with E-state index in [4.69, 9.17) is 4.42 Å². The molecule has 3 heterocycles. The van der Waals surface area contributed by atoms with E-state index >= 15 is 0 Å². The fraction of sp³-hybridized carbons (Fsp3) is 0.455. The lowest BCUT2D eigenvalue weighted by Gasteiger charge is -2.18. The molecule has 0 aliphatic heterocycles. The Morgan fingerprint density at radius 2 is 2.32 bits per heavy atom. The Bertz CT molecular complexity index is 1080. The Morgan fingerprint density at radius 1 is 1.45 bits per heavy atom. The average molecular weight is 456 g/mol. The molecule has 0 bridgehead atoms. The minimum atomic E-state index is -0.130. The van der Waals surface area contributed by atoms with Crippen LogP contribution in [0.4, 0.5) is 5.00 Å². The van der Waals surface area contributed by atoms with Crippen LogP contribution in [0.1, 0.15) is 48.6 Å². The Balaban J connectivity index is 1.42. The van der Waals surface area contributed by atoms with Gasteiger partial charge in [0.05, 0.1) is 23.5 Å². The van der Waals surface area contributed by atoms with Gasteiger partial charge in [-0.3, -0.25) is 9.69 Å². The zero-order valence-corrected chi connectivity index (χ0v) is 19.3. The van der Waals surface area contributed by atoms with E-state index in [9.17, 15) is 10.1 Å². The number of carbonyl (C=O) groups excluding carboxylic acids is 1. The van der Waals surface area contributed by atoms with E-state index in [1.165, 1.54) is 4.88 Å². The summed E-state index contributed by atoms with van der Waals surface area (Å²) in [6.07, 6.45) is 3.88. The number of thiophene rings is 2. The summed E-state index contributed by atoms with van der Waals surface area (Å²) < 4.78 is 5.78. The number of anilines is 1. The van der Waals surface area contributed by atoms with Crippen molar-refractivity contribution in [1.82, 2.24) is 15.1 Å². The lowest BCUT2D eigenvalue weighted by Crippen LogP contribution is -2.33. The fourth-order valence-corrected chi connectivity index (χ4v) is 5.89. The molecule has 1 atom stereocenters. The smallest absolute Gasteiger partial charge is 0.257 e. The number of hydrogen-bond donors (Lipinski definition) is 1. The number of aromatic nitrogens is 2. The van der Waals surface area contributed by atoms with Gasteiger partial charge in [0.25, 0.3) is 5.89 Å². The quantitative estimate of drug-likeness (QED) is 0.529. The third kappa shape index (κ3) is 5.03.